The second-order valence-corrected chi connectivity index (χ2v) is 19.3. The van der Waals surface area contributed by atoms with Gasteiger partial charge in [-0.1, -0.05) is 69.3 Å². The third kappa shape index (κ3) is 10.1. The van der Waals surface area contributed by atoms with Gasteiger partial charge in [0, 0.05) is 5.92 Å². The zero-order valence-electron chi connectivity index (χ0n) is 29.3. The van der Waals surface area contributed by atoms with E-state index in [1.54, 1.807) is 27.7 Å². The topological polar surface area (TPSA) is 169 Å². The van der Waals surface area contributed by atoms with Crippen LogP contribution in [0.5, 0.6) is 0 Å². The Balaban J connectivity index is 1.82. The third-order valence-electron chi connectivity index (χ3n) is 8.49. The number of ether oxygens (including phenoxy) is 2. The first kappa shape index (κ1) is 38.2. The van der Waals surface area contributed by atoms with Crippen LogP contribution in [-0.4, -0.2) is 80.2 Å². The van der Waals surface area contributed by atoms with Gasteiger partial charge in [-0.2, -0.15) is 0 Å². The summed E-state index contributed by atoms with van der Waals surface area (Å²) in [5.74, 6) is -3.95. The number of nitrogens with one attached hydrogen (secondary N) is 3. The molecule has 48 heavy (non-hydrogen) atoms. The summed E-state index contributed by atoms with van der Waals surface area (Å²) >= 11 is 0. The van der Waals surface area contributed by atoms with Crippen molar-refractivity contribution in [3.05, 3.63) is 59.7 Å². The van der Waals surface area contributed by atoms with E-state index >= 15 is 0 Å². The molecule has 4 N–H and O–H groups in total. The summed E-state index contributed by atoms with van der Waals surface area (Å²) in [6, 6.07) is 12.8. The Morgan fingerprint density at radius 3 is 1.90 bits per heavy atom. The predicted molar refractivity (Wildman–Crippen MR) is 183 cm³/mol. The number of esters is 1. The Morgan fingerprint density at radius 1 is 0.854 bits per heavy atom. The molecule has 0 heterocycles. The fourth-order valence-electron chi connectivity index (χ4n) is 5.17. The standard InChI is InChI=1S/C35H49N3O9Si/c1-21(47-48(8,9)35(5,6)7)30(32(43)36-19-28(39)40)38-31(42)27(18-29(41)46-34(2,3)4)37-33(44)45-20-26-24-16-12-10-14-22(24)23-15-11-13-17-25(23)26/h10-17,21,26-27,30H,18-20H2,1-9H3,(H,36,43)(H,37,44)(H,38,42)(H,39,40)/t21-,27+,30+/m1/s1. The zero-order valence-corrected chi connectivity index (χ0v) is 30.3. The molecule has 1 aliphatic carbocycles. The number of carbonyl (C=O) groups excluding carboxylic acids is 4. The maximum Gasteiger partial charge on any atom is 0.407 e. The van der Waals surface area contributed by atoms with E-state index in [0.29, 0.717) is 0 Å². The number of amides is 3. The van der Waals surface area contributed by atoms with Crippen molar-refractivity contribution in [3.8, 4) is 11.1 Å². The molecular formula is C35H49N3O9Si. The molecule has 0 fully saturated rings. The minimum absolute atomic E-state index is 0.0295. The minimum Gasteiger partial charge on any atom is -0.480 e. The molecule has 0 radical (unpaired) electrons. The van der Waals surface area contributed by atoms with E-state index in [1.165, 1.54) is 0 Å². The number of fused-ring (bicyclic) bond motifs is 3. The van der Waals surface area contributed by atoms with Gasteiger partial charge in [0.2, 0.25) is 11.8 Å². The monoisotopic (exact) mass is 683 g/mol. The number of benzene rings is 2. The molecule has 13 heteroatoms. The van der Waals surface area contributed by atoms with Crippen molar-refractivity contribution in [1.29, 1.82) is 0 Å². The smallest absolute Gasteiger partial charge is 0.407 e. The molecule has 0 aliphatic heterocycles. The first-order valence-electron chi connectivity index (χ1n) is 16.0. The summed E-state index contributed by atoms with van der Waals surface area (Å²) in [5.41, 5.74) is 3.23. The van der Waals surface area contributed by atoms with Crippen LogP contribution in [-0.2, 0) is 33.1 Å². The average Bonchev–Trinajstić information content (AvgIpc) is 3.28. The lowest BCUT2D eigenvalue weighted by atomic mass is 9.98. The highest BCUT2D eigenvalue weighted by Gasteiger charge is 2.42. The van der Waals surface area contributed by atoms with Crippen LogP contribution in [0, 0.1) is 0 Å². The molecule has 0 aromatic heterocycles. The maximum absolute atomic E-state index is 13.8. The molecule has 1 aliphatic rings. The molecule has 2 aromatic carbocycles. The van der Waals surface area contributed by atoms with Gasteiger partial charge in [0.1, 0.15) is 30.8 Å². The summed E-state index contributed by atoms with van der Waals surface area (Å²) in [6.07, 6.45) is -2.40. The first-order valence-corrected chi connectivity index (χ1v) is 18.9. The molecule has 3 atom stereocenters. The molecular weight excluding hydrogens is 634 g/mol. The van der Waals surface area contributed by atoms with E-state index in [2.05, 4.69) is 16.0 Å². The number of rotatable bonds is 13. The average molecular weight is 684 g/mol. The fraction of sp³-hybridized carbons (Fsp3) is 0.514. The highest BCUT2D eigenvalue weighted by molar-refractivity contribution is 6.74. The lowest BCUT2D eigenvalue weighted by Gasteiger charge is -2.40. The van der Waals surface area contributed by atoms with Crippen molar-refractivity contribution in [2.75, 3.05) is 13.2 Å². The zero-order chi connectivity index (χ0) is 36.0. The molecule has 3 amide bonds. The lowest BCUT2D eigenvalue weighted by molar-refractivity contribution is -0.156. The normalized spacial score (nSPS) is 14.9. The van der Waals surface area contributed by atoms with Crippen LogP contribution in [0.4, 0.5) is 4.79 Å². The van der Waals surface area contributed by atoms with Crippen molar-refractivity contribution in [1.82, 2.24) is 16.0 Å². The molecule has 262 valence electrons. The van der Waals surface area contributed by atoms with E-state index in [0.717, 1.165) is 22.3 Å². The molecule has 0 saturated heterocycles. The fourth-order valence-corrected chi connectivity index (χ4v) is 6.59. The van der Waals surface area contributed by atoms with Crippen molar-refractivity contribution < 1.29 is 43.0 Å². The van der Waals surface area contributed by atoms with Gasteiger partial charge in [-0.05, 0) is 68.1 Å². The van der Waals surface area contributed by atoms with Gasteiger partial charge in [-0.3, -0.25) is 19.2 Å². The van der Waals surface area contributed by atoms with Crippen molar-refractivity contribution in [2.24, 2.45) is 0 Å². The SMILES string of the molecule is C[C@@H](O[Si](C)(C)C(C)(C)C)[C@H](NC(=O)[C@H](CC(=O)OC(C)(C)C)NC(=O)OCC1c2ccccc2-c2ccccc21)C(=O)NCC(=O)O. The van der Waals surface area contributed by atoms with Crippen LogP contribution in [0.25, 0.3) is 11.1 Å². The van der Waals surface area contributed by atoms with Crippen molar-refractivity contribution in [2.45, 2.75) is 103 Å². The molecule has 0 spiro atoms. The Morgan fingerprint density at radius 2 is 1.40 bits per heavy atom. The summed E-state index contributed by atoms with van der Waals surface area (Å²) < 4.78 is 17.4. The number of hydrogen-bond acceptors (Lipinski definition) is 8. The van der Waals surface area contributed by atoms with Gasteiger partial charge >= 0.3 is 18.0 Å². The summed E-state index contributed by atoms with van der Waals surface area (Å²) in [6.45, 7) is 15.9. The van der Waals surface area contributed by atoms with Crippen LogP contribution in [0.3, 0.4) is 0 Å². The molecule has 0 saturated carbocycles. The Hall–Kier alpha value is -4.23. The number of aliphatic carboxylic acids is 1. The van der Waals surface area contributed by atoms with E-state index < -0.39 is 74.9 Å². The number of carbonyl (C=O) groups is 5. The first-order chi connectivity index (χ1) is 22.2. The van der Waals surface area contributed by atoms with Crippen LogP contribution in [0.15, 0.2) is 48.5 Å². The highest BCUT2D eigenvalue weighted by Crippen LogP contribution is 2.44. The summed E-state index contributed by atoms with van der Waals surface area (Å²) in [4.78, 5) is 64.2. The van der Waals surface area contributed by atoms with Gasteiger partial charge in [0.15, 0.2) is 8.32 Å². The van der Waals surface area contributed by atoms with Crippen LogP contribution in [0.2, 0.25) is 18.1 Å². The number of carboxylic acid groups (broad SMARTS) is 1. The largest absolute Gasteiger partial charge is 0.480 e. The Bertz CT molecular complexity index is 1470. The molecule has 12 nitrogen and oxygen atoms in total. The van der Waals surface area contributed by atoms with Crippen molar-refractivity contribution >= 4 is 38.2 Å². The van der Waals surface area contributed by atoms with Gasteiger partial charge in [-0.15, -0.1) is 0 Å². The highest BCUT2D eigenvalue weighted by atomic mass is 28.4. The molecule has 2 aromatic rings. The van der Waals surface area contributed by atoms with Crippen LogP contribution < -0.4 is 16.0 Å². The van der Waals surface area contributed by atoms with Crippen LogP contribution in [0.1, 0.15) is 71.9 Å². The summed E-state index contributed by atoms with van der Waals surface area (Å²) in [7, 11) is -2.46. The number of carboxylic acids is 1. The molecule has 0 unspecified atom stereocenters. The van der Waals surface area contributed by atoms with Gasteiger partial charge in [0.05, 0.1) is 12.5 Å². The van der Waals surface area contributed by atoms with E-state index in [4.69, 9.17) is 19.0 Å². The lowest BCUT2D eigenvalue weighted by Crippen LogP contribution is -2.60. The number of alkyl carbamates (subject to hydrolysis) is 1. The van der Waals surface area contributed by atoms with E-state index in [9.17, 15) is 24.0 Å². The van der Waals surface area contributed by atoms with Gasteiger partial charge in [-0.25, -0.2) is 4.79 Å². The molecule has 3 rings (SSSR count). The van der Waals surface area contributed by atoms with Crippen molar-refractivity contribution in [3.63, 3.8) is 0 Å². The number of hydrogen-bond donors (Lipinski definition) is 4. The Kier molecular flexibility index (Phi) is 12.2. The van der Waals surface area contributed by atoms with Gasteiger partial charge in [0.25, 0.3) is 0 Å². The molecule has 0 bridgehead atoms. The van der Waals surface area contributed by atoms with Gasteiger partial charge < -0.3 is 35.0 Å². The second kappa shape index (κ2) is 15.3. The minimum atomic E-state index is -2.46. The van der Waals surface area contributed by atoms with Crippen LogP contribution >= 0.6 is 0 Å². The third-order valence-corrected chi connectivity index (χ3v) is 13.1. The van der Waals surface area contributed by atoms with E-state index in [1.807, 2.05) is 82.4 Å². The maximum atomic E-state index is 13.8. The second-order valence-electron chi connectivity index (χ2n) is 14.5. The quantitative estimate of drug-likeness (QED) is 0.172. The Labute approximate surface area is 283 Å². The predicted octanol–water partition coefficient (Wildman–Crippen LogP) is 4.72. The van der Waals surface area contributed by atoms with E-state index in [-0.39, 0.29) is 17.6 Å². The summed E-state index contributed by atoms with van der Waals surface area (Å²) in [5, 5.41) is 16.3.